The zero-order valence-electron chi connectivity index (χ0n) is 10.8. The molecular formula is C14H20BrN3. The minimum Gasteiger partial charge on any atom is -0.354 e. The third kappa shape index (κ3) is 2.41. The minimum absolute atomic E-state index is 0.655. The van der Waals surface area contributed by atoms with Crippen LogP contribution < -0.4 is 10.2 Å². The molecule has 3 heterocycles. The zero-order chi connectivity index (χ0) is 12.5. The first-order chi connectivity index (χ1) is 8.76. The van der Waals surface area contributed by atoms with Gasteiger partial charge >= 0.3 is 0 Å². The maximum absolute atomic E-state index is 4.55. The van der Waals surface area contributed by atoms with Crippen LogP contribution in [0, 0.1) is 0 Å². The first-order valence-corrected chi connectivity index (χ1v) is 7.70. The van der Waals surface area contributed by atoms with Crippen molar-refractivity contribution in [3.05, 3.63) is 22.8 Å². The molecule has 0 aliphatic carbocycles. The molecule has 3 nitrogen and oxygen atoms in total. The Kier molecular flexibility index (Phi) is 3.57. The van der Waals surface area contributed by atoms with Crippen molar-refractivity contribution in [1.82, 2.24) is 10.3 Å². The van der Waals surface area contributed by atoms with Gasteiger partial charge in [-0.15, -0.1) is 0 Å². The van der Waals surface area contributed by atoms with Crippen molar-refractivity contribution in [2.75, 3.05) is 11.4 Å². The number of anilines is 1. The Morgan fingerprint density at radius 3 is 2.61 bits per heavy atom. The number of piperidine rings is 1. The van der Waals surface area contributed by atoms with E-state index < -0.39 is 0 Å². The molecule has 2 atom stereocenters. The molecule has 4 heteroatoms. The predicted molar refractivity (Wildman–Crippen MR) is 77.9 cm³/mol. The molecule has 2 bridgehead atoms. The number of aromatic nitrogens is 1. The Bertz CT molecular complexity index is 394. The van der Waals surface area contributed by atoms with Gasteiger partial charge in [0.1, 0.15) is 5.82 Å². The van der Waals surface area contributed by atoms with E-state index in [0.717, 1.165) is 28.9 Å². The number of hydrogen-bond donors (Lipinski definition) is 1. The Morgan fingerprint density at radius 1 is 1.33 bits per heavy atom. The van der Waals surface area contributed by atoms with E-state index in [1.54, 1.807) is 0 Å². The molecule has 2 saturated heterocycles. The van der Waals surface area contributed by atoms with Gasteiger partial charge in [0.15, 0.2) is 0 Å². The fourth-order valence-corrected chi connectivity index (χ4v) is 3.66. The Balaban J connectivity index is 1.77. The second-order valence-electron chi connectivity index (χ2n) is 5.38. The number of nitrogens with zero attached hydrogens (tertiary/aromatic N) is 2. The number of fused-ring (bicyclic) bond motifs is 2. The highest BCUT2D eigenvalue weighted by Gasteiger charge is 2.35. The normalized spacial score (nSPS) is 30.4. The van der Waals surface area contributed by atoms with E-state index in [9.17, 15) is 0 Å². The molecular weight excluding hydrogens is 290 g/mol. The van der Waals surface area contributed by atoms with Crippen LogP contribution in [0.4, 0.5) is 5.82 Å². The van der Waals surface area contributed by atoms with Gasteiger partial charge < -0.3 is 10.2 Å². The summed E-state index contributed by atoms with van der Waals surface area (Å²) in [6.45, 7) is 3.27. The molecule has 2 fully saturated rings. The van der Waals surface area contributed by atoms with Crippen LogP contribution in [0.25, 0.3) is 0 Å². The Hall–Kier alpha value is -0.610. The molecule has 1 aromatic rings. The summed E-state index contributed by atoms with van der Waals surface area (Å²) in [5.74, 6) is 1.12. The topological polar surface area (TPSA) is 28.2 Å². The number of rotatable bonds is 3. The van der Waals surface area contributed by atoms with Crippen molar-refractivity contribution in [1.29, 1.82) is 0 Å². The van der Waals surface area contributed by atoms with Crippen LogP contribution in [0.5, 0.6) is 0 Å². The monoisotopic (exact) mass is 309 g/mol. The molecule has 2 aliphatic rings. The molecule has 2 unspecified atom stereocenters. The standard InChI is InChI=1S/C14H20BrN3/c1-2-18(14-6-3-10(15)9-16-14)13-7-11-4-5-12(8-13)17-11/h3,6,9,11-13,17H,2,4-5,7-8H2,1H3. The lowest BCUT2D eigenvalue weighted by Gasteiger charge is -2.38. The van der Waals surface area contributed by atoms with Gasteiger partial charge in [-0.2, -0.15) is 0 Å². The molecule has 18 heavy (non-hydrogen) atoms. The average Bonchev–Trinajstić information content (AvgIpc) is 2.72. The highest BCUT2D eigenvalue weighted by Crippen LogP contribution is 2.31. The molecule has 3 rings (SSSR count). The maximum atomic E-state index is 4.55. The SMILES string of the molecule is CCN(c1ccc(Br)cn1)C1CC2CCC(C1)N2. The van der Waals surface area contributed by atoms with E-state index in [4.69, 9.17) is 0 Å². The first kappa shape index (κ1) is 12.4. The van der Waals surface area contributed by atoms with Gasteiger partial charge in [0.25, 0.3) is 0 Å². The summed E-state index contributed by atoms with van der Waals surface area (Å²) < 4.78 is 1.05. The van der Waals surface area contributed by atoms with Crippen LogP contribution in [0.3, 0.4) is 0 Å². The van der Waals surface area contributed by atoms with Crippen LogP contribution in [0.15, 0.2) is 22.8 Å². The molecule has 0 saturated carbocycles. The smallest absolute Gasteiger partial charge is 0.128 e. The fourth-order valence-electron chi connectivity index (χ4n) is 3.43. The molecule has 1 aromatic heterocycles. The highest BCUT2D eigenvalue weighted by molar-refractivity contribution is 9.10. The summed E-state index contributed by atoms with van der Waals surface area (Å²) in [4.78, 5) is 7.02. The highest BCUT2D eigenvalue weighted by atomic mass is 79.9. The van der Waals surface area contributed by atoms with Gasteiger partial charge in [0, 0.05) is 35.3 Å². The lowest BCUT2D eigenvalue weighted by Crippen LogP contribution is -2.48. The summed E-state index contributed by atoms with van der Waals surface area (Å²) >= 11 is 3.45. The molecule has 0 amide bonds. The van der Waals surface area contributed by atoms with E-state index in [-0.39, 0.29) is 0 Å². The Morgan fingerprint density at radius 2 is 2.06 bits per heavy atom. The lowest BCUT2D eigenvalue weighted by molar-refractivity contribution is 0.348. The van der Waals surface area contributed by atoms with Crippen molar-refractivity contribution >= 4 is 21.7 Å². The van der Waals surface area contributed by atoms with Crippen molar-refractivity contribution in [2.24, 2.45) is 0 Å². The van der Waals surface area contributed by atoms with Crippen molar-refractivity contribution in [3.8, 4) is 0 Å². The largest absolute Gasteiger partial charge is 0.354 e. The first-order valence-electron chi connectivity index (χ1n) is 6.90. The van der Waals surface area contributed by atoms with Gasteiger partial charge in [0.2, 0.25) is 0 Å². The molecule has 0 spiro atoms. The zero-order valence-corrected chi connectivity index (χ0v) is 12.4. The summed E-state index contributed by atoms with van der Waals surface area (Å²) in [7, 11) is 0. The van der Waals surface area contributed by atoms with Gasteiger partial charge in [-0.1, -0.05) is 0 Å². The maximum Gasteiger partial charge on any atom is 0.128 e. The quantitative estimate of drug-likeness (QED) is 0.930. The summed E-state index contributed by atoms with van der Waals surface area (Å²) in [5, 5.41) is 3.71. The third-order valence-corrected chi connectivity index (χ3v) is 4.70. The van der Waals surface area contributed by atoms with Crippen LogP contribution in [0.2, 0.25) is 0 Å². The third-order valence-electron chi connectivity index (χ3n) is 4.24. The predicted octanol–water partition coefficient (Wildman–Crippen LogP) is 2.95. The number of nitrogens with one attached hydrogen (secondary N) is 1. The molecule has 2 aliphatic heterocycles. The minimum atomic E-state index is 0.655. The Labute approximate surface area is 117 Å². The van der Waals surface area contributed by atoms with Crippen LogP contribution >= 0.6 is 15.9 Å². The van der Waals surface area contributed by atoms with Gasteiger partial charge in [-0.3, -0.25) is 0 Å². The van der Waals surface area contributed by atoms with Gasteiger partial charge in [-0.25, -0.2) is 4.98 Å². The van der Waals surface area contributed by atoms with Crippen molar-refractivity contribution in [2.45, 2.75) is 50.7 Å². The summed E-state index contributed by atoms with van der Waals surface area (Å²) in [5.41, 5.74) is 0. The van der Waals surface area contributed by atoms with Crippen LogP contribution in [0.1, 0.15) is 32.6 Å². The number of pyridine rings is 1. The molecule has 98 valence electrons. The molecule has 1 N–H and O–H groups in total. The van der Waals surface area contributed by atoms with Crippen molar-refractivity contribution < 1.29 is 0 Å². The number of halogens is 1. The second-order valence-corrected chi connectivity index (χ2v) is 6.30. The average molecular weight is 310 g/mol. The second kappa shape index (κ2) is 5.17. The van der Waals surface area contributed by atoms with E-state index in [0.29, 0.717) is 6.04 Å². The fraction of sp³-hybridized carbons (Fsp3) is 0.643. The van der Waals surface area contributed by atoms with Gasteiger partial charge in [0.05, 0.1) is 0 Å². The van der Waals surface area contributed by atoms with E-state index in [2.05, 4.69) is 50.2 Å². The molecule has 0 aromatic carbocycles. The van der Waals surface area contributed by atoms with E-state index >= 15 is 0 Å². The van der Waals surface area contributed by atoms with Gasteiger partial charge in [-0.05, 0) is 60.7 Å². The van der Waals surface area contributed by atoms with E-state index in [1.807, 2.05) is 6.20 Å². The molecule has 0 radical (unpaired) electrons. The summed E-state index contributed by atoms with van der Waals surface area (Å²) in [6, 6.07) is 6.33. The van der Waals surface area contributed by atoms with Crippen LogP contribution in [-0.2, 0) is 0 Å². The van der Waals surface area contributed by atoms with Crippen molar-refractivity contribution in [3.63, 3.8) is 0 Å². The lowest BCUT2D eigenvalue weighted by atomic mass is 9.98. The van der Waals surface area contributed by atoms with Crippen LogP contribution in [-0.4, -0.2) is 29.7 Å². The van der Waals surface area contributed by atoms with E-state index in [1.165, 1.54) is 25.7 Å². The number of hydrogen-bond acceptors (Lipinski definition) is 3. The summed E-state index contributed by atoms with van der Waals surface area (Å²) in [6.07, 6.45) is 7.14.